The minimum absolute atomic E-state index is 0.125. The van der Waals surface area contributed by atoms with Gasteiger partial charge in [0.05, 0.1) is 35.1 Å². The number of halogens is 1. The van der Waals surface area contributed by atoms with Crippen LogP contribution in [-0.2, 0) is 6.67 Å². The SMILES string of the molecule is CC1(C)C(NC(=O)c2cnc(-c3cn(CN4CCC(CN5CCC(O)CC5)CC4)nn3)nc2)C(C)(C)C1Oc1ccc(C#N)c(Cl)c1. The number of hydrogen-bond donors (Lipinski definition) is 2. The molecule has 47 heavy (non-hydrogen) atoms. The summed E-state index contributed by atoms with van der Waals surface area (Å²) in [6.45, 7) is 14.1. The molecule has 1 aliphatic carbocycles. The molecule has 2 aromatic heterocycles. The van der Waals surface area contributed by atoms with E-state index in [2.05, 4.69) is 69.2 Å². The fourth-order valence-electron chi connectivity index (χ4n) is 7.84. The number of ether oxygens (including phenoxy) is 1. The fraction of sp³-hybridized carbons (Fsp3) is 0.588. The smallest absolute Gasteiger partial charge is 0.254 e. The van der Waals surface area contributed by atoms with Crippen molar-refractivity contribution in [1.29, 1.82) is 5.26 Å². The second-order valence-corrected chi connectivity index (χ2v) is 14.9. The zero-order chi connectivity index (χ0) is 33.3. The molecule has 3 aromatic rings. The second kappa shape index (κ2) is 13.5. The first-order valence-corrected chi connectivity index (χ1v) is 16.8. The Hall–Kier alpha value is -3.63. The summed E-state index contributed by atoms with van der Waals surface area (Å²) in [5, 5.41) is 31.0. The van der Waals surface area contributed by atoms with Gasteiger partial charge in [0.25, 0.3) is 5.91 Å². The number of piperidine rings is 2. The van der Waals surface area contributed by atoms with Crippen molar-refractivity contribution in [2.24, 2.45) is 16.7 Å². The first-order valence-electron chi connectivity index (χ1n) is 16.5. The number of nitrogens with zero attached hydrogens (tertiary/aromatic N) is 8. The third-order valence-electron chi connectivity index (χ3n) is 10.2. The van der Waals surface area contributed by atoms with Gasteiger partial charge >= 0.3 is 0 Å². The summed E-state index contributed by atoms with van der Waals surface area (Å²) in [4.78, 5) is 27.1. The molecule has 0 unspecified atom stereocenters. The number of aromatic nitrogens is 5. The van der Waals surface area contributed by atoms with Gasteiger partial charge in [-0.3, -0.25) is 9.69 Å². The number of amides is 1. The van der Waals surface area contributed by atoms with Crippen LogP contribution in [0.1, 0.15) is 69.3 Å². The van der Waals surface area contributed by atoms with E-state index >= 15 is 0 Å². The number of likely N-dealkylation sites (tertiary alicyclic amines) is 2. The minimum Gasteiger partial charge on any atom is -0.489 e. The standard InChI is InChI=1S/C34H44ClN9O3/c1-33(2)31(34(3,4)32(33)47-26-6-5-23(16-36)27(35)15-26)39-30(46)24-17-37-29(38-18-24)28-20-44(41-40-28)21-43-11-7-22(8-12-43)19-42-13-9-25(45)10-14-42/h5-6,15,17-18,20,22,25,31-32,45H,7-14,19,21H2,1-4H3,(H,39,46). The number of nitriles is 1. The Morgan fingerprint density at radius 2 is 1.72 bits per heavy atom. The molecular formula is C34H44ClN9O3. The van der Waals surface area contributed by atoms with Crippen LogP contribution in [0, 0.1) is 28.1 Å². The number of carbonyl (C=O) groups excluding carboxylic acids is 1. The van der Waals surface area contributed by atoms with Crippen LogP contribution in [0.25, 0.3) is 11.5 Å². The van der Waals surface area contributed by atoms with Crippen LogP contribution in [0.4, 0.5) is 0 Å². The van der Waals surface area contributed by atoms with Gasteiger partial charge in [-0.15, -0.1) is 5.10 Å². The van der Waals surface area contributed by atoms with Crippen LogP contribution >= 0.6 is 11.6 Å². The van der Waals surface area contributed by atoms with Gasteiger partial charge in [0.1, 0.15) is 23.6 Å². The number of benzene rings is 1. The van der Waals surface area contributed by atoms with E-state index in [1.165, 1.54) is 12.4 Å². The van der Waals surface area contributed by atoms with Gasteiger partial charge in [-0.2, -0.15) is 5.26 Å². The number of nitrogens with one attached hydrogen (secondary N) is 1. The van der Waals surface area contributed by atoms with Crippen molar-refractivity contribution in [3.8, 4) is 23.3 Å². The first-order chi connectivity index (χ1) is 22.4. The molecule has 0 spiro atoms. The second-order valence-electron chi connectivity index (χ2n) is 14.5. The van der Waals surface area contributed by atoms with Gasteiger partial charge in [-0.05, 0) is 43.7 Å². The van der Waals surface area contributed by atoms with Crippen LogP contribution in [0.2, 0.25) is 5.02 Å². The highest BCUT2D eigenvalue weighted by atomic mass is 35.5. The lowest BCUT2D eigenvalue weighted by atomic mass is 9.49. The largest absolute Gasteiger partial charge is 0.489 e. The van der Waals surface area contributed by atoms with Gasteiger partial charge in [0.2, 0.25) is 0 Å². The molecule has 250 valence electrons. The van der Waals surface area contributed by atoms with Gasteiger partial charge in [0, 0.05) is 68.1 Å². The molecule has 3 fully saturated rings. The molecule has 13 heteroatoms. The van der Waals surface area contributed by atoms with E-state index in [-0.39, 0.29) is 35.0 Å². The third kappa shape index (κ3) is 7.14. The van der Waals surface area contributed by atoms with Crippen LogP contribution in [0.5, 0.6) is 5.75 Å². The Labute approximate surface area is 281 Å². The highest BCUT2D eigenvalue weighted by molar-refractivity contribution is 6.31. The molecule has 0 radical (unpaired) electrons. The summed E-state index contributed by atoms with van der Waals surface area (Å²) in [6.07, 6.45) is 8.66. The van der Waals surface area contributed by atoms with Crippen molar-refractivity contribution in [2.45, 2.75) is 78.3 Å². The molecule has 2 N–H and O–H groups in total. The first kappa shape index (κ1) is 33.3. The highest BCUT2D eigenvalue weighted by Gasteiger charge is 2.64. The van der Waals surface area contributed by atoms with Crippen LogP contribution in [0.3, 0.4) is 0 Å². The average molecular weight is 662 g/mol. The molecular weight excluding hydrogens is 618 g/mol. The molecule has 4 heterocycles. The number of aliphatic hydroxyl groups excluding tert-OH is 1. The fourth-order valence-corrected chi connectivity index (χ4v) is 8.05. The lowest BCUT2D eigenvalue weighted by Crippen LogP contribution is -2.74. The van der Waals surface area contributed by atoms with E-state index in [1.54, 1.807) is 18.2 Å². The zero-order valence-electron chi connectivity index (χ0n) is 27.6. The van der Waals surface area contributed by atoms with E-state index in [0.29, 0.717) is 46.0 Å². The van der Waals surface area contributed by atoms with Gasteiger partial charge < -0.3 is 20.1 Å². The molecule has 0 atom stereocenters. The summed E-state index contributed by atoms with van der Waals surface area (Å²) >= 11 is 6.22. The van der Waals surface area contributed by atoms with E-state index in [0.717, 1.165) is 58.4 Å². The van der Waals surface area contributed by atoms with Gasteiger partial charge in [0.15, 0.2) is 5.82 Å². The van der Waals surface area contributed by atoms with Crippen molar-refractivity contribution in [1.82, 2.24) is 40.1 Å². The maximum Gasteiger partial charge on any atom is 0.254 e. The van der Waals surface area contributed by atoms with Crippen molar-refractivity contribution < 1.29 is 14.6 Å². The van der Waals surface area contributed by atoms with Crippen molar-refractivity contribution in [3.05, 3.63) is 52.9 Å². The zero-order valence-corrected chi connectivity index (χ0v) is 28.3. The molecule has 0 bridgehead atoms. The predicted octanol–water partition coefficient (Wildman–Crippen LogP) is 4.00. The molecule has 2 aliphatic heterocycles. The van der Waals surface area contributed by atoms with Gasteiger partial charge in [-0.25, -0.2) is 14.6 Å². The Balaban J connectivity index is 0.998. The molecule has 1 amide bonds. The van der Waals surface area contributed by atoms with Crippen molar-refractivity contribution in [3.63, 3.8) is 0 Å². The lowest BCUT2D eigenvalue weighted by Gasteiger charge is -2.63. The summed E-state index contributed by atoms with van der Waals surface area (Å²) in [6, 6.07) is 6.93. The topological polar surface area (TPSA) is 145 Å². The van der Waals surface area contributed by atoms with Crippen molar-refractivity contribution >= 4 is 17.5 Å². The van der Waals surface area contributed by atoms with Gasteiger partial charge in [-0.1, -0.05) is 44.5 Å². The van der Waals surface area contributed by atoms with E-state index in [4.69, 9.17) is 21.6 Å². The van der Waals surface area contributed by atoms with E-state index in [9.17, 15) is 9.90 Å². The summed E-state index contributed by atoms with van der Waals surface area (Å²) in [5.41, 5.74) is 0.549. The van der Waals surface area contributed by atoms with E-state index in [1.807, 2.05) is 10.9 Å². The third-order valence-corrected chi connectivity index (χ3v) is 10.5. The summed E-state index contributed by atoms with van der Waals surface area (Å²) in [7, 11) is 0. The molecule has 3 aliphatic rings. The van der Waals surface area contributed by atoms with Crippen LogP contribution < -0.4 is 10.1 Å². The van der Waals surface area contributed by atoms with Crippen LogP contribution in [0.15, 0.2) is 36.8 Å². The Kier molecular flexibility index (Phi) is 9.54. The average Bonchev–Trinajstić information content (AvgIpc) is 3.52. The van der Waals surface area contributed by atoms with Crippen molar-refractivity contribution in [2.75, 3.05) is 32.7 Å². The highest BCUT2D eigenvalue weighted by Crippen LogP contribution is 2.55. The number of carbonyl (C=O) groups is 1. The van der Waals surface area contributed by atoms with E-state index < -0.39 is 0 Å². The lowest BCUT2D eigenvalue weighted by molar-refractivity contribution is -0.164. The number of hydrogen-bond acceptors (Lipinski definition) is 10. The van der Waals surface area contributed by atoms with Crippen LogP contribution in [-0.4, -0.2) is 96.7 Å². The Bertz CT molecular complexity index is 1590. The Morgan fingerprint density at radius 1 is 1.06 bits per heavy atom. The minimum atomic E-state index is -0.383. The summed E-state index contributed by atoms with van der Waals surface area (Å²) < 4.78 is 8.15. The molecule has 1 aromatic carbocycles. The molecule has 12 nitrogen and oxygen atoms in total. The number of rotatable bonds is 9. The molecule has 2 saturated heterocycles. The predicted molar refractivity (Wildman–Crippen MR) is 176 cm³/mol. The normalized spacial score (nSPS) is 23.5. The quantitative estimate of drug-likeness (QED) is 0.345. The summed E-state index contributed by atoms with van der Waals surface area (Å²) in [5.74, 6) is 1.44. The monoisotopic (exact) mass is 661 g/mol. The maximum atomic E-state index is 13.3. The number of aliphatic hydroxyl groups is 1. The molecule has 6 rings (SSSR count). The molecule has 1 saturated carbocycles. The maximum absolute atomic E-state index is 13.3. The Morgan fingerprint density at radius 3 is 2.36 bits per heavy atom.